The van der Waals surface area contributed by atoms with Crippen molar-refractivity contribution in [3.8, 4) is 0 Å². The number of carbonyl (C=O) groups is 1. The minimum Gasteiger partial charge on any atom is -0.355 e. The molecule has 0 bridgehead atoms. The van der Waals surface area contributed by atoms with Gasteiger partial charge < -0.3 is 10.6 Å². The number of amides is 1. The molecule has 5 heteroatoms. The fraction of sp³-hybridized carbons (Fsp3) is 0.900. The van der Waals surface area contributed by atoms with Crippen molar-refractivity contribution in [1.29, 1.82) is 0 Å². The number of nitrogens with zero attached hydrogens (tertiary/aromatic N) is 1. The Kier molecular flexibility index (Phi) is 8.76. The SMILES string of the molecule is CCCCNC(=O)CN1CCNCC1.Cl. The molecule has 1 aliphatic heterocycles. The minimum absolute atomic E-state index is 0. The lowest BCUT2D eigenvalue weighted by molar-refractivity contribution is -0.122. The van der Waals surface area contributed by atoms with Gasteiger partial charge in [-0.3, -0.25) is 9.69 Å². The van der Waals surface area contributed by atoms with Gasteiger partial charge in [-0.2, -0.15) is 0 Å². The van der Waals surface area contributed by atoms with E-state index < -0.39 is 0 Å². The molecule has 0 aromatic heterocycles. The molecule has 0 atom stereocenters. The Balaban J connectivity index is 0.00000196. The van der Waals surface area contributed by atoms with Gasteiger partial charge >= 0.3 is 0 Å². The molecular weight excluding hydrogens is 214 g/mol. The molecule has 1 heterocycles. The molecule has 4 nitrogen and oxygen atoms in total. The van der Waals surface area contributed by atoms with Crippen LogP contribution in [0, 0.1) is 0 Å². The fourth-order valence-electron chi connectivity index (χ4n) is 1.53. The average molecular weight is 236 g/mol. The zero-order valence-electron chi connectivity index (χ0n) is 9.42. The van der Waals surface area contributed by atoms with Gasteiger partial charge in [0.2, 0.25) is 5.91 Å². The molecule has 90 valence electrons. The Morgan fingerprint density at radius 2 is 2.07 bits per heavy atom. The highest BCUT2D eigenvalue weighted by Crippen LogP contribution is 1.91. The second-order valence-corrected chi connectivity index (χ2v) is 3.73. The molecule has 0 spiro atoms. The Morgan fingerprint density at radius 3 is 2.67 bits per heavy atom. The van der Waals surface area contributed by atoms with Crippen LogP contribution in [-0.4, -0.2) is 50.1 Å². The highest BCUT2D eigenvalue weighted by atomic mass is 35.5. The van der Waals surface area contributed by atoms with Crippen LogP contribution >= 0.6 is 12.4 Å². The quantitative estimate of drug-likeness (QED) is 0.671. The van der Waals surface area contributed by atoms with Crippen molar-refractivity contribution < 1.29 is 4.79 Å². The summed E-state index contributed by atoms with van der Waals surface area (Å²) >= 11 is 0. The lowest BCUT2D eigenvalue weighted by Gasteiger charge is -2.26. The van der Waals surface area contributed by atoms with Crippen LogP contribution in [0.25, 0.3) is 0 Å². The summed E-state index contributed by atoms with van der Waals surface area (Å²) in [6.07, 6.45) is 2.21. The molecule has 0 aromatic rings. The monoisotopic (exact) mass is 235 g/mol. The number of rotatable bonds is 5. The van der Waals surface area contributed by atoms with E-state index >= 15 is 0 Å². The Morgan fingerprint density at radius 1 is 1.40 bits per heavy atom. The molecular formula is C10H22ClN3O. The third kappa shape index (κ3) is 6.71. The molecule has 1 rings (SSSR count). The summed E-state index contributed by atoms with van der Waals surface area (Å²) in [7, 11) is 0. The van der Waals surface area contributed by atoms with Crippen LogP contribution < -0.4 is 10.6 Å². The van der Waals surface area contributed by atoms with E-state index in [-0.39, 0.29) is 18.3 Å². The van der Waals surface area contributed by atoms with E-state index in [0.717, 1.165) is 45.6 Å². The van der Waals surface area contributed by atoms with Crippen molar-refractivity contribution in [2.24, 2.45) is 0 Å². The molecule has 1 amide bonds. The zero-order chi connectivity index (χ0) is 10.2. The van der Waals surface area contributed by atoms with Crippen LogP contribution in [0.15, 0.2) is 0 Å². The predicted molar refractivity (Wildman–Crippen MR) is 64.5 cm³/mol. The number of hydrogen-bond acceptors (Lipinski definition) is 3. The maximum absolute atomic E-state index is 11.4. The zero-order valence-corrected chi connectivity index (χ0v) is 10.2. The second kappa shape index (κ2) is 8.95. The summed E-state index contributed by atoms with van der Waals surface area (Å²) in [5, 5.41) is 6.20. The lowest BCUT2D eigenvalue weighted by atomic mass is 10.3. The smallest absolute Gasteiger partial charge is 0.234 e. The average Bonchev–Trinajstić information content (AvgIpc) is 2.20. The van der Waals surface area contributed by atoms with E-state index in [0.29, 0.717) is 6.54 Å². The number of piperazine rings is 1. The van der Waals surface area contributed by atoms with Gasteiger partial charge in [0.25, 0.3) is 0 Å². The molecule has 1 saturated heterocycles. The predicted octanol–water partition coefficient (Wildman–Crippen LogP) is 0.230. The van der Waals surface area contributed by atoms with Gasteiger partial charge in [0, 0.05) is 32.7 Å². The first kappa shape index (κ1) is 14.7. The van der Waals surface area contributed by atoms with Crippen LogP contribution in [0.5, 0.6) is 0 Å². The summed E-state index contributed by atoms with van der Waals surface area (Å²) in [5.41, 5.74) is 0. The van der Waals surface area contributed by atoms with Crippen molar-refractivity contribution in [3.05, 3.63) is 0 Å². The molecule has 0 radical (unpaired) electrons. The molecule has 0 aliphatic carbocycles. The molecule has 0 aromatic carbocycles. The standard InChI is InChI=1S/C10H21N3O.ClH/c1-2-3-4-12-10(14)9-13-7-5-11-6-8-13;/h11H,2-9H2,1H3,(H,12,14);1H. The fourth-order valence-corrected chi connectivity index (χ4v) is 1.53. The van der Waals surface area contributed by atoms with E-state index in [1.165, 1.54) is 0 Å². The van der Waals surface area contributed by atoms with Crippen LogP contribution in [0.1, 0.15) is 19.8 Å². The summed E-state index contributed by atoms with van der Waals surface area (Å²) in [6.45, 7) is 7.49. The van der Waals surface area contributed by atoms with Crippen molar-refractivity contribution >= 4 is 18.3 Å². The van der Waals surface area contributed by atoms with E-state index in [4.69, 9.17) is 0 Å². The molecule has 15 heavy (non-hydrogen) atoms. The van der Waals surface area contributed by atoms with Gasteiger partial charge in [-0.15, -0.1) is 12.4 Å². The van der Waals surface area contributed by atoms with E-state index in [1.54, 1.807) is 0 Å². The number of unbranched alkanes of at least 4 members (excludes halogenated alkanes) is 1. The van der Waals surface area contributed by atoms with Gasteiger partial charge in [-0.25, -0.2) is 0 Å². The van der Waals surface area contributed by atoms with Crippen LogP contribution in [0.3, 0.4) is 0 Å². The van der Waals surface area contributed by atoms with Crippen LogP contribution in [0.4, 0.5) is 0 Å². The highest BCUT2D eigenvalue weighted by Gasteiger charge is 2.12. The second-order valence-electron chi connectivity index (χ2n) is 3.73. The Hall–Kier alpha value is -0.320. The molecule has 2 N–H and O–H groups in total. The summed E-state index contributed by atoms with van der Waals surface area (Å²) in [5.74, 6) is 0.167. The maximum atomic E-state index is 11.4. The van der Waals surface area contributed by atoms with E-state index in [9.17, 15) is 4.79 Å². The normalized spacial score (nSPS) is 16.9. The number of nitrogens with one attached hydrogen (secondary N) is 2. The number of halogens is 1. The number of carbonyl (C=O) groups excluding carboxylic acids is 1. The molecule has 0 saturated carbocycles. The summed E-state index contributed by atoms with van der Waals surface area (Å²) in [6, 6.07) is 0. The van der Waals surface area contributed by atoms with Crippen molar-refractivity contribution in [1.82, 2.24) is 15.5 Å². The van der Waals surface area contributed by atoms with Gasteiger partial charge in [0.1, 0.15) is 0 Å². The van der Waals surface area contributed by atoms with Gasteiger partial charge in [-0.05, 0) is 6.42 Å². The summed E-state index contributed by atoms with van der Waals surface area (Å²) < 4.78 is 0. The largest absolute Gasteiger partial charge is 0.355 e. The van der Waals surface area contributed by atoms with Crippen molar-refractivity contribution in [3.63, 3.8) is 0 Å². The molecule has 1 aliphatic rings. The molecule has 1 fully saturated rings. The minimum atomic E-state index is 0. The Labute approximate surface area is 98.2 Å². The third-order valence-corrected chi connectivity index (χ3v) is 2.43. The van der Waals surface area contributed by atoms with Crippen LogP contribution in [-0.2, 0) is 4.79 Å². The lowest BCUT2D eigenvalue weighted by Crippen LogP contribution is -2.47. The van der Waals surface area contributed by atoms with E-state index in [1.807, 2.05) is 0 Å². The first-order chi connectivity index (χ1) is 6.83. The van der Waals surface area contributed by atoms with Gasteiger partial charge in [0.15, 0.2) is 0 Å². The Bertz CT molecular complexity index is 172. The van der Waals surface area contributed by atoms with E-state index in [2.05, 4.69) is 22.5 Å². The highest BCUT2D eigenvalue weighted by molar-refractivity contribution is 5.85. The van der Waals surface area contributed by atoms with Crippen molar-refractivity contribution in [2.75, 3.05) is 39.3 Å². The van der Waals surface area contributed by atoms with Gasteiger partial charge in [0.05, 0.1) is 6.54 Å². The first-order valence-electron chi connectivity index (χ1n) is 5.52. The third-order valence-electron chi connectivity index (χ3n) is 2.43. The maximum Gasteiger partial charge on any atom is 0.234 e. The van der Waals surface area contributed by atoms with Crippen LogP contribution in [0.2, 0.25) is 0 Å². The topological polar surface area (TPSA) is 44.4 Å². The number of hydrogen-bond donors (Lipinski definition) is 2. The van der Waals surface area contributed by atoms with Gasteiger partial charge in [-0.1, -0.05) is 13.3 Å². The summed E-state index contributed by atoms with van der Waals surface area (Å²) in [4.78, 5) is 13.6. The van der Waals surface area contributed by atoms with Crippen molar-refractivity contribution in [2.45, 2.75) is 19.8 Å². The molecule has 0 unspecified atom stereocenters. The first-order valence-corrected chi connectivity index (χ1v) is 5.52.